The first-order valence-corrected chi connectivity index (χ1v) is 9.01. The number of H-pyrrole nitrogens is 1. The molecule has 0 radical (unpaired) electrons. The highest BCUT2D eigenvalue weighted by Gasteiger charge is 2.09. The number of aromatic nitrogens is 3. The molecule has 0 fully saturated rings. The van der Waals surface area contributed by atoms with Gasteiger partial charge in [0.25, 0.3) is 5.56 Å². The minimum Gasteiger partial charge on any atom is -0.497 e. The Bertz CT molecular complexity index is 1210. The maximum Gasteiger partial charge on any atom is 0.275 e. The lowest BCUT2D eigenvalue weighted by atomic mass is 10.1. The van der Waals surface area contributed by atoms with Gasteiger partial charge in [-0.05, 0) is 36.2 Å². The fourth-order valence-corrected chi connectivity index (χ4v) is 3.26. The molecule has 2 N–H and O–H groups in total. The molecule has 1 amide bonds. The maximum atomic E-state index is 12.4. The van der Waals surface area contributed by atoms with Gasteiger partial charge in [-0.25, -0.2) is 4.68 Å². The molecule has 2 aromatic carbocycles. The van der Waals surface area contributed by atoms with Crippen LogP contribution >= 0.6 is 0 Å². The molecule has 7 nitrogen and oxygen atoms in total. The van der Waals surface area contributed by atoms with E-state index in [9.17, 15) is 9.59 Å². The number of rotatable bonds is 6. The normalized spacial score (nSPS) is 11.0. The molecular formula is C21H20N4O3. The smallest absolute Gasteiger partial charge is 0.275 e. The second-order valence-corrected chi connectivity index (χ2v) is 6.52. The van der Waals surface area contributed by atoms with Crippen molar-refractivity contribution in [3.05, 3.63) is 70.8 Å². The quantitative estimate of drug-likeness (QED) is 0.540. The van der Waals surface area contributed by atoms with Gasteiger partial charge in [-0.2, -0.15) is 5.10 Å². The molecule has 2 heterocycles. The highest BCUT2D eigenvalue weighted by atomic mass is 16.5. The zero-order valence-corrected chi connectivity index (χ0v) is 15.4. The highest BCUT2D eigenvalue weighted by molar-refractivity contribution is 5.85. The molecule has 4 rings (SSSR count). The second kappa shape index (κ2) is 7.56. The lowest BCUT2D eigenvalue weighted by Gasteiger charge is -2.07. The van der Waals surface area contributed by atoms with E-state index in [-0.39, 0.29) is 18.0 Å². The third-order valence-electron chi connectivity index (χ3n) is 4.75. The molecule has 0 unspecified atom stereocenters. The molecular weight excluding hydrogens is 356 g/mol. The van der Waals surface area contributed by atoms with Crippen LogP contribution in [-0.2, 0) is 17.8 Å². The van der Waals surface area contributed by atoms with Crippen LogP contribution in [0.15, 0.2) is 59.7 Å². The predicted octanol–water partition coefficient (Wildman–Crippen LogP) is 2.25. The Labute approximate surface area is 160 Å². The Balaban J connectivity index is 1.40. The average molecular weight is 376 g/mol. The third-order valence-corrected chi connectivity index (χ3v) is 4.75. The van der Waals surface area contributed by atoms with Gasteiger partial charge in [-0.1, -0.05) is 18.2 Å². The first-order valence-electron chi connectivity index (χ1n) is 9.01. The number of nitrogens with zero attached hydrogens (tertiary/aromatic N) is 2. The van der Waals surface area contributed by atoms with Gasteiger partial charge in [-0.15, -0.1) is 0 Å². The molecule has 28 heavy (non-hydrogen) atoms. The number of carbonyl (C=O) groups is 1. The number of fused-ring (bicyclic) bond motifs is 2. The predicted molar refractivity (Wildman–Crippen MR) is 108 cm³/mol. The third kappa shape index (κ3) is 3.46. The zero-order chi connectivity index (χ0) is 19.5. The number of hydrogen-bond donors (Lipinski definition) is 2. The van der Waals surface area contributed by atoms with Crippen molar-refractivity contribution in [2.24, 2.45) is 0 Å². The standard InChI is InChI=1S/C21H20N4O3/c1-28-16-6-7-19-18(10-16)15(11-23-19)8-9-22-20(26)13-25-21(27)17-5-3-2-4-14(17)12-24-25/h2-7,10-12,23H,8-9,13H2,1H3,(H,22,26). The van der Waals surface area contributed by atoms with Crippen LogP contribution in [0.25, 0.3) is 21.7 Å². The molecule has 7 heteroatoms. The molecule has 0 saturated carbocycles. The minimum absolute atomic E-state index is 0.106. The second-order valence-electron chi connectivity index (χ2n) is 6.52. The van der Waals surface area contributed by atoms with Crippen molar-refractivity contribution in [3.63, 3.8) is 0 Å². The fraction of sp³-hybridized carbons (Fsp3) is 0.190. The van der Waals surface area contributed by atoms with E-state index in [1.165, 1.54) is 4.68 Å². The van der Waals surface area contributed by atoms with Gasteiger partial charge in [-0.3, -0.25) is 9.59 Å². The monoisotopic (exact) mass is 376 g/mol. The highest BCUT2D eigenvalue weighted by Crippen LogP contribution is 2.23. The molecule has 0 atom stereocenters. The van der Waals surface area contributed by atoms with Crippen molar-refractivity contribution in [1.29, 1.82) is 0 Å². The van der Waals surface area contributed by atoms with Gasteiger partial charge in [0.05, 0.1) is 18.7 Å². The first-order chi connectivity index (χ1) is 13.7. The van der Waals surface area contributed by atoms with Crippen molar-refractivity contribution in [1.82, 2.24) is 20.1 Å². The average Bonchev–Trinajstić information content (AvgIpc) is 3.12. The Morgan fingerprint density at radius 2 is 2.07 bits per heavy atom. The van der Waals surface area contributed by atoms with Crippen molar-refractivity contribution >= 4 is 27.6 Å². The molecule has 0 aliphatic rings. The van der Waals surface area contributed by atoms with E-state index in [4.69, 9.17) is 4.74 Å². The Hall–Kier alpha value is -3.61. The van der Waals surface area contributed by atoms with Crippen LogP contribution < -0.4 is 15.6 Å². The molecule has 0 bridgehead atoms. The SMILES string of the molecule is COc1ccc2[nH]cc(CCNC(=O)Cn3ncc4ccccc4c3=O)c2c1. The molecule has 0 aliphatic heterocycles. The van der Waals surface area contributed by atoms with E-state index in [1.54, 1.807) is 25.4 Å². The van der Waals surface area contributed by atoms with Crippen LogP contribution in [0.2, 0.25) is 0 Å². The van der Waals surface area contributed by atoms with Crippen molar-refractivity contribution in [2.45, 2.75) is 13.0 Å². The van der Waals surface area contributed by atoms with Gasteiger partial charge >= 0.3 is 0 Å². The van der Waals surface area contributed by atoms with Crippen LogP contribution in [0, 0.1) is 0 Å². The van der Waals surface area contributed by atoms with Crippen molar-refractivity contribution in [2.75, 3.05) is 13.7 Å². The summed E-state index contributed by atoms with van der Waals surface area (Å²) in [5.41, 5.74) is 1.85. The van der Waals surface area contributed by atoms with Gasteiger partial charge in [0.2, 0.25) is 5.91 Å². The van der Waals surface area contributed by atoms with Gasteiger partial charge < -0.3 is 15.0 Å². The summed E-state index contributed by atoms with van der Waals surface area (Å²) in [5, 5.41) is 9.33. The molecule has 0 aliphatic carbocycles. The number of ether oxygens (including phenoxy) is 1. The first kappa shape index (κ1) is 17.8. The van der Waals surface area contributed by atoms with Crippen LogP contribution in [-0.4, -0.2) is 34.3 Å². The van der Waals surface area contributed by atoms with E-state index >= 15 is 0 Å². The van der Waals surface area contributed by atoms with Gasteiger partial charge in [0.15, 0.2) is 0 Å². The Morgan fingerprint density at radius 1 is 1.21 bits per heavy atom. The largest absolute Gasteiger partial charge is 0.497 e. The molecule has 2 aromatic heterocycles. The summed E-state index contributed by atoms with van der Waals surface area (Å²) in [6, 6.07) is 13.0. The summed E-state index contributed by atoms with van der Waals surface area (Å²) in [4.78, 5) is 27.9. The molecule has 0 spiro atoms. The Kier molecular flexibility index (Phi) is 4.80. The number of amides is 1. The van der Waals surface area contributed by atoms with Crippen molar-refractivity contribution in [3.8, 4) is 5.75 Å². The topological polar surface area (TPSA) is 89.0 Å². The van der Waals surface area contributed by atoms with Crippen LogP contribution in [0.3, 0.4) is 0 Å². The Morgan fingerprint density at radius 3 is 2.93 bits per heavy atom. The van der Waals surface area contributed by atoms with Crippen molar-refractivity contribution < 1.29 is 9.53 Å². The lowest BCUT2D eigenvalue weighted by Crippen LogP contribution is -2.34. The van der Waals surface area contributed by atoms with Crippen LogP contribution in [0.1, 0.15) is 5.56 Å². The summed E-state index contributed by atoms with van der Waals surface area (Å²) in [6.45, 7) is 0.358. The van der Waals surface area contributed by atoms with E-state index in [0.717, 1.165) is 27.6 Å². The zero-order valence-electron chi connectivity index (χ0n) is 15.4. The van der Waals surface area contributed by atoms with E-state index in [1.807, 2.05) is 36.5 Å². The summed E-state index contributed by atoms with van der Waals surface area (Å²) >= 11 is 0. The number of hydrogen-bond acceptors (Lipinski definition) is 4. The van der Waals surface area contributed by atoms with Gasteiger partial charge in [0, 0.05) is 29.0 Å². The lowest BCUT2D eigenvalue weighted by molar-refractivity contribution is -0.121. The summed E-state index contributed by atoms with van der Waals surface area (Å²) in [5.74, 6) is 0.543. The fourth-order valence-electron chi connectivity index (χ4n) is 3.26. The minimum atomic E-state index is -0.267. The van der Waals surface area contributed by atoms with Gasteiger partial charge in [0.1, 0.15) is 12.3 Å². The summed E-state index contributed by atoms with van der Waals surface area (Å²) in [6.07, 6.45) is 4.20. The molecule has 4 aromatic rings. The molecule has 142 valence electrons. The van der Waals surface area contributed by atoms with Crippen LogP contribution in [0.5, 0.6) is 5.75 Å². The number of benzene rings is 2. The molecule has 0 saturated heterocycles. The van der Waals surface area contributed by atoms with E-state index in [2.05, 4.69) is 15.4 Å². The van der Waals surface area contributed by atoms with Crippen LogP contribution in [0.4, 0.5) is 0 Å². The maximum absolute atomic E-state index is 12.4. The van der Waals surface area contributed by atoms with E-state index in [0.29, 0.717) is 18.4 Å². The number of nitrogens with one attached hydrogen (secondary N) is 2. The number of aromatic amines is 1. The number of carbonyl (C=O) groups excluding carboxylic acids is 1. The van der Waals surface area contributed by atoms with E-state index < -0.39 is 0 Å². The number of methoxy groups -OCH3 is 1. The summed E-state index contributed by atoms with van der Waals surface area (Å²) in [7, 11) is 1.64. The summed E-state index contributed by atoms with van der Waals surface area (Å²) < 4.78 is 6.46.